The molecule has 0 aliphatic rings. The highest BCUT2D eigenvalue weighted by Gasteiger charge is 2.11. The number of halogens is 1. The van der Waals surface area contributed by atoms with Crippen molar-refractivity contribution >= 4 is 28.3 Å². The third-order valence-corrected chi connectivity index (χ3v) is 3.26. The number of aromatic nitrogens is 1. The second kappa shape index (κ2) is 5.40. The van der Waals surface area contributed by atoms with Gasteiger partial charge < -0.3 is 4.57 Å². The van der Waals surface area contributed by atoms with Gasteiger partial charge in [0.05, 0.1) is 0 Å². The van der Waals surface area contributed by atoms with Crippen LogP contribution in [0.2, 0.25) is 5.02 Å². The summed E-state index contributed by atoms with van der Waals surface area (Å²) < 4.78 is 2.12. The van der Waals surface area contributed by atoms with E-state index in [1.165, 1.54) is 0 Å². The quantitative estimate of drug-likeness (QED) is 0.442. The normalized spacial score (nSPS) is 10.8. The van der Waals surface area contributed by atoms with Crippen LogP contribution in [0, 0.1) is 0 Å². The van der Waals surface area contributed by atoms with Gasteiger partial charge in [0.1, 0.15) is 0 Å². The maximum absolute atomic E-state index is 11.6. The van der Waals surface area contributed by atoms with Gasteiger partial charge in [-0.3, -0.25) is 4.79 Å². The summed E-state index contributed by atoms with van der Waals surface area (Å²) in [6.45, 7) is 6.19. The summed E-state index contributed by atoms with van der Waals surface area (Å²) in [7, 11) is 0. The maximum Gasteiger partial charge on any atom is 0.161 e. The van der Waals surface area contributed by atoms with E-state index >= 15 is 0 Å². The Morgan fingerprint density at radius 2 is 2.28 bits per heavy atom. The summed E-state index contributed by atoms with van der Waals surface area (Å²) >= 11 is 6.00. The van der Waals surface area contributed by atoms with Crippen LogP contribution in [0.25, 0.3) is 10.9 Å². The van der Waals surface area contributed by atoms with E-state index in [-0.39, 0.29) is 5.78 Å². The van der Waals surface area contributed by atoms with E-state index in [1.807, 2.05) is 30.5 Å². The number of ketones is 1. The molecule has 0 fully saturated rings. The van der Waals surface area contributed by atoms with Crippen molar-refractivity contribution in [1.82, 2.24) is 4.57 Å². The van der Waals surface area contributed by atoms with Crippen LogP contribution < -0.4 is 0 Å². The van der Waals surface area contributed by atoms with Gasteiger partial charge in [0.15, 0.2) is 5.78 Å². The Morgan fingerprint density at radius 1 is 1.50 bits per heavy atom. The number of aryl methyl sites for hydroxylation is 1. The Morgan fingerprint density at radius 3 is 2.94 bits per heavy atom. The number of carbonyl (C=O) groups is 1. The van der Waals surface area contributed by atoms with Crippen molar-refractivity contribution in [2.24, 2.45) is 0 Å². The van der Waals surface area contributed by atoms with E-state index in [0.29, 0.717) is 5.02 Å². The molecule has 0 radical (unpaired) electrons. The number of fused-ring (bicyclic) bond motifs is 1. The fourth-order valence-corrected chi connectivity index (χ4v) is 2.31. The first-order valence-electron chi connectivity index (χ1n) is 6.03. The molecular weight excluding hydrogens is 246 g/mol. The zero-order valence-corrected chi connectivity index (χ0v) is 11.2. The van der Waals surface area contributed by atoms with Crippen molar-refractivity contribution in [2.45, 2.75) is 26.3 Å². The van der Waals surface area contributed by atoms with E-state index in [2.05, 4.69) is 11.1 Å². The number of hydrogen-bond donors (Lipinski definition) is 0. The largest absolute Gasteiger partial charge is 0.347 e. The molecule has 18 heavy (non-hydrogen) atoms. The summed E-state index contributed by atoms with van der Waals surface area (Å²) in [6, 6.07) is 5.69. The lowest BCUT2D eigenvalue weighted by Gasteiger charge is -2.03. The minimum Gasteiger partial charge on any atom is -0.347 e. The number of benzene rings is 1. The van der Waals surface area contributed by atoms with Crippen molar-refractivity contribution in [3.8, 4) is 0 Å². The lowest BCUT2D eigenvalue weighted by atomic mass is 10.1. The highest BCUT2D eigenvalue weighted by molar-refractivity contribution is 6.31. The van der Waals surface area contributed by atoms with Gasteiger partial charge in [0, 0.05) is 34.2 Å². The van der Waals surface area contributed by atoms with Gasteiger partial charge >= 0.3 is 0 Å². The molecule has 0 saturated carbocycles. The first-order valence-corrected chi connectivity index (χ1v) is 6.41. The topological polar surface area (TPSA) is 22.0 Å². The molecule has 2 nitrogen and oxygen atoms in total. The first-order chi connectivity index (χ1) is 8.63. The molecule has 0 N–H and O–H groups in total. The van der Waals surface area contributed by atoms with Crippen molar-refractivity contribution in [2.75, 3.05) is 0 Å². The van der Waals surface area contributed by atoms with Crippen LogP contribution in [-0.2, 0) is 6.54 Å². The Labute approximate surface area is 112 Å². The zero-order valence-electron chi connectivity index (χ0n) is 10.4. The average Bonchev–Trinajstić information content (AvgIpc) is 2.68. The highest BCUT2D eigenvalue weighted by Crippen LogP contribution is 2.25. The molecule has 0 unspecified atom stereocenters. The lowest BCUT2D eigenvalue weighted by Crippen LogP contribution is -1.95. The van der Waals surface area contributed by atoms with E-state index in [0.717, 1.165) is 35.9 Å². The third-order valence-electron chi connectivity index (χ3n) is 3.03. The van der Waals surface area contributed by atoms with Crippen LogP contribution in [0.15, 0.2) is 37.1 Å². The van der Waals surface area contributed by atoms with Gasteiger partial charge in [-0.05, 0) is 38.0 Å². The summed E-state index contributed by atoms with van der Waals surface area (Å²) in [5.74, 6) is 0.0738. The summed E-state index contributed by atoms with van der Waals surface area (Å²) in [6.07, 6.45) is 5.83. The Kier molecular flexibility index (Phi) is 3.87. The monoisotopic (exact) mass is 261 g/mol. The number of unbranched alkanes of at least 4 members (excludes halogenated alkanes) is 1. The van der Waals surface area contributed by atoms with Crippen molar-refractivity contribution in [3.05, 3.63) is 47.6 Å². The molecule has 1 aromatic heterocycles. The molecule has 2 aromatic rings. The number of allylic oxidation sites excluding steroid dienone is 1. The standard InChI is InChI=1S/C15H16ClNO/c1-3-4-5-8-17-10-14(11(2)18)13-9-12(16)6-7-15(13)17/h3,6-7,9-10H,1,4-5,8H2,2H3. The smallest absolute Gasteiger partial charge is 0.161 e. The van der Waals surface area contributed by atoms with Gasteiger partial charge in [-0.1, -0.05) is 17.7 Å². The van der Waals surface area contributed by atoms with Crippen LogP contribution >= 0.6 is 11.6 Å². The van der Waals surface area contributed by atoms with Gasteiger partial charge in [-0.2, -0.15) is 0 Å². The van der Waals surface area contributed by atoms with Gasteiger partial charge in [0.25, 0.3) is 0 Å². The predicted octanol–water partition coefficient (Wildman–Crippen LogP) is 4.46. The number of hydrogen-bond acceptors (Lipinski definition) is 1. The second-order valence-corrected chi connectivity index (χ2v) is 4.82. The molecule has 3 heteroatoms. The fourth-order valence-electron chi connectivity index (χ4n) is 2.14. The zero-order chi connectivity index (χ0) is 13.1. The number of carbonyl (C=O) groups excluding carboxylic acids is 1. The molecule has 0 saturated heterocycles. The molecule has 0 spiro atoms. The average molecular weight is 262 g/mol. The Balaban J connectivity index is 2.47. The number of nitrogens with zero attached hydrogens (tertiary/aromatic N) is 1. The first kappa shape index (κ1) is 12.9. The Hall–Kier alpha value is -1.54. The van der Waals surface area contributed by atoms with E-state index in [4.69, 9.17) is 11.6 Å². The van der Waals surface area contributed by atoms with Gasteiger partial charge in [-0.15, -0.1) is 6.58 Å². The van der Waals surface area contributed by atoms with Crippen LogP contribution in [0.3, 0.4) is 0 Å². The molecule has 0 aliphatic carbocycles. The van der Waals surface area contributed by atoms with Crippen LogP contribution in [0.1, 0.15) is 30.1 Å². The highest BCUT2D eigenvalue weighted by atomic mass is 35.5. The van der Waals surface area contributed by atoms with Crippen molar-refractivity contribution in [3.63, 3.8) is 0 Å². The molecule has 0 atom stereocenters. The van der Waals surface area contributed by atoms with E-state index < -0.39 is 0 Å². The lowest BCUT2D eigenvalue weighted by molar-refractivity contribution is 0.101. The molecule has 0 aliphatic heterocycles. The minimum absolute atomic E-state index is 0.0738. The minimum atomic E-state index is 0.0738. The Bertz CT molecular complexity index is 598. The van der Waals surface area contributed by atoms with E-state index in [9.17, 15) is 4.79 Å². The van der Waals surface area contributed by atoms with Crippen LogP contribution in [0.4, 0.5) is 0 Å². The van der Waals surface area contributed by atoms with Crippen LogP contribution in [0.5, 0.6) is 0 Å². The van der Waals surface area contributed by atoms with Crippen molar-refractivity contribution < 1.29 is 4.79 Å². The second-order valence-electron chi connectivity index (χ2n) is 4.38. The molecule has 94 valence electrons. The van der Waals surface area contributed by atoms with Gasteiger partial charge in [0.2, 0.25) is 0 Å². The number of Topliss-reactive ketones (excluding diaryl/α,β-unsaturated/α-hetero) is 1. The molecule has 1 aromatic carbocycles. The predicted molar refractivity (Wildman–Crippen MR) is 76.4 cm³/mol. The molecule has 1 heterocycles. The fraction of sp³-hybridized carbons (Fsp3) is 0.267. The van der Waals surface area contributed by atoms with E-state index in [1.54, 1.807) is 6.92 Å². The SMILES string of the molecule is C=CCCCn1cc(C(C)=O)c2cc(Cl)ccc21. The maximum atomic E-state index is 11.6. The summed E-state index contributed by atoms with van der Waals surface area (Å²) in [5.41, 5.74) is 1.81. The molecule has 0 bridgehead atoms. The summed E-state index contributed by atoms with van der Waals surface area (Å²) in [5, 5.41) is 1.60. The number of rotatable bonds is 5. The van der Waals surface area contributed by atoms with Crippen LogP contribution in [-0.4, -0.2) is 10.4 Å². The summed E-state index contributed by atoms with van der Waals surface area (Å²) in [4.78, 5) is 11.6. The molecule has 0 amide bonds. The molecular formula is C15H16ClNO. The third kappa shape index (κ3) is 2.49. The van der Waals surface area contributed by atoms with Gasteiger partial charge in [-0.25, -0.2) is 0 Å². The van der Waals surface area contributed by atoms with Crippen molar-refractivity contribution in [1.29, 1.82) is 0 Å². The molecule has 2 rings (SSSR count).